The maximum absolute atomic E-state index is 12.5. The SMILES string of the molecule is O=C(C1CCC1)N1CCC2(CC1)OCc1cc(-c3cnc4ccccc4c3)ccc1O2. The summed E-state index contributed by atoms with van der Waals surface area (Å²) in [6, 6.07) is 16.6. The second-order valence-corrected chi connectivity index (χ2v) is 8.99. The fourth-order valence-corrected chi connectivity index (χ4v) is 4.87. The number of carbonyl (C=O) groups is 1. The lowest BCUT2D eigenvalue weighted by molar-refractivity contribution is -0.228. The summed E-state index contributed by atoms with van der Waals surface area (Å²) in [5, 5.41) is 1.13. The summed E-state index contributed by atoms with van der Waals surface area (Å²) in [5.74, 6) is 0.870. The van der Waals surface area contributed by atoms with Crippen LogP contribution in [0.1, 0.15) is 37.7 Å². The van der Waals surface area contributed by atoms with Crippen molar-refractivity contribution < 1.29 is 14.3 Å². The normalized spacial score (nSPS) is 20.2. The van der Waals surface area contributed by atoms with E-state index in [0.717, 1.165) is 59.0 Å². The van der Waals surface area contributed by atoms with Crippen molar-refractivity contribution in [3.63, 3.8) is 0 Å². The van der Waals surface area contributed by atoms with Crippen LogP contribution in [0.4, 0.5) is 0 Å². The van der Waals surface area contributed by atoms with Crippen LogP contribution in [-0.2, 0) is 16.1 Å². The number of para-hydroxylation sites is 1. The third-order valence-electron chi connectivity index (χ3n) is 7.06. The molecule has 3 aliphatic rings. The van der Waals surface area contributed by atoms with Gasteiger partial charge in [-0.25, -0.2) is 0 Å². The Balaban J connectivity index is 1.18. The van der Waals surface area contributed by atoms with E-state index in [-0.39, 0.29) is 5.92 Å². The number of aromatic nitrogens is 1. The van der Waals surface area contributed by atoms with E-state index in [1.54, 1.807) is 0 Å². The Morgan fingerprint density at radius 3 is 2.68 bits per heavy atom. The van der Waals surface area contributed by atoms with Gasteiger partial charge in [0, 0.05) is 54.6 Å². The molecule has 0 unspecified atom stereocenters. The predicted molar refractivity (Wildman–Crippen MR) is 118 cm³/mol. The first-order chi connectivity index (χ1) is 15.2. The van der Waals surface area contributed by atoms with Gasteiger partial charge in [-0.05, 0) is 42.7 Å². The number of benzene rings is 2. The van der Waals surface area contributed by atoms with Crippen molar-refractivity contribution in [3.8, 4) is 16.9 Å². The van der Waals surface area contributed by atoms with Crippen molar-refractivity contribution in [2.75, 3.05) is 13.1 Å². The quantitative estimate of drug-likeness (QED) is 0.597. The zero-order valence-electron chi connectivity index (χ0n) is 17.5. The van der Waals surface area contributed by atoms with Gasteiger partial charge >= 0.3 is 0 Å². The summed E-state index contributed by atoms with van der Waals surface area (Å²) < 4.78 is 12.6. The molecule has 1 saturated heterocycles. The highest BCUT2D eigenvalue weighted by Gasteiger charge is 2.43. The van der Waals surface area contributed by atoms with Crippen molar-refractivity contribution in [2.45, 2.75) is 44.5 Å². The van der Waals surface area contributed by atoms with Crippen LogP contribution < -0.4 is 4.74 Å². The van der Waals surface area contributed by atoms with Gasteiger partial charge in [0.1, 0.15) is 5.75 Å². The number of pyridine rings is 1. The zero-order valence-corrected chi connectivity index (χ0v) is 17.5. The number of fused-ring (bicyclic) bond motifs is 2. The molecule has 1 aliphatic carbocycles. The number of piperidine rings is 1. The van der Waals surface area contributed by atoms with Gasteiger partial charge in [0.05, 0.1) is 12.1 Å². The molecule has 2 aliphatic heterocycles. The number of hydrogen-bond donors (Lipinski definition) is 0. The first-order valence-corrected chi connectivity index (χ1v) is 11.3. The van der Waals surface area contributed by atoms with Gasteiger partial charge in [-0.3, -0.25) is 9.78 Å². The van der Waals surface area contributed by atoms with Gasteiger partial charge < -0.3 is 14.4 Å². The van der Waals surface area contributed by atoms with Crippen LogP contribution in [0, 0.1) is 5.92 Å². The molecule has 6 rings (SSSR count). The van der Waals surface area contributed by atoms with E-state index in [2.05, 4.69) is 35.3 Å². The third-order valence-corrected chi connectivity index (χ3v) is 7.06. The van der Waals surface area contributed by atoms with E-state index in [4.69, 9.17) is 9.47 Å². The van der Waals surface area contributed by atoms with Gasteiger partial charge in [0.25, 0.3) is 0 Å². The molecular formula is C26H26N2O3. The van der Waals surface area contributed by atoms with E-state index < -0.39 is 5.79 Å². The van der Waals surface area contributed by atoms with Crippen LogP contribution >= 0.6 is 0 Å². The summed E-state index contributed by atoms with van der Waals surface area (Å²) in [4.78, 5) is 19.1. The molecule has 0 radical (unpaired) electrons. The molecule has 1 saturated carbocycles. The Hall–Kier alpha value is -2.92. The second-order valence-electron chi connectivity index (χ2n) is 8.99. The van der Waals surface area contributed by atoms with Crippen LogP contribution in [0.25, 0.3) is 22.0 Å². The average molecular weight is 415 g/mol. The molecule has 158 valence electrons. The minimum Gasteiger partial charge on any atom is -0.462 e. The Labute approximate surface area is 182 Å². The maximum Gasteiger partial charge on any atom is 0.225 e. The summed E-state index contributed by atoms with van der Waals surface area (Å²) in [6.07, 6.45) is 6.66. The van der Waals surface area contributed by atoms with Gasteiger partial charge in [0.15, 0.2) is 0 Å². The van der Waals surface area contributed by atoms with Crippen LogP contribution in [0.5, 0.6) is 5.75 Å². The minimum atomic E-state index is -0.602. The monoisotopic (exact) mass is 414 g/mol. The van der Waals surface area contributed by atoms with Crippen molar-refractivity contribution in [1.29, 1.82) is 0 Å². The Bertz CT molecular complexity index is 1150. The minimum absolute atomic E-state index is 0.256. The summed E-state index contributed by atoms with van der Waals surface area (Å²) in [7, 11) is 0. The van der Waals surface area contributed by atoms with Crippen LogP contribution in [0.2, 0.25) is 0 Å². The first kappa shape index (κ1) is 18.8. The molecule has 2 aromatic carbocycles. The van der Waals surface area contributed by atoms with Gasteiger partial charge in [-0.1, -0.05) is 30.7 Å². The molecule has 3 heterocycles. The smallest absolute Gasteiger partial charge is 0.225 e. The topological polar surface area (TPSA) is 51.7 Å². The molecule has 0 bridgehead atoms. The Morgan fingerprint density at radius 1 is 1.03 bits per heavy atom. The first-order valence-electron chi connectivity index (χ1n) is 11.3. The van der Waals surface area contributed by atoms with Crippen molar-refractivity contribution in [2.24, 2.45) is 5.92 Å². The lowest BCUT2D eigenvalue weighted by Crippen LogP contribution is -2.53. The molecule has 2 fully saturated rings. The van der Waals surface area contributed by atoms with Crippen molar-refractivity contribution >= 4 is 16.8 Å². The zero-order chi connectivity index (χ0) is 20.8. The van der Waals surface area contributed by atoms with E-state index >= 15 is 0 Å². The van der Waals surface area contributed by atoms with Crippen LogP contribution in [-0.4, -0.2) is 34.7 Å². The highest BCUT2D eigenvalue weighted by atomic mass is 16.7. The number of ether oxygens (including phenoxy) is 2. The molecule has 5 nitrogen and oxygen atoms in total. The van der Waals surface area contributed by atoms with Crippen LogP contribution in [0.15, 0.2) is 54.7 Å². The molecule has 5 heteroatoms. The highest BCUT2D eigenvalue weighted by molar-refractivity contribution is 5.83. The summed E-state index contributed by atoms with van der Waals surface area (Å²) >= 11 is 0. The number of likely N-dealkylation sites (tertiary alicyclic amines) is 1. The molecule has 1 spiro atoms. The molecule has 0 atom stereocenters. The van der Waals surface area contributed by atoms with Crippen molar-refractivity contribution in [3.05, 3.63) is 60.3 Å². The van der Waals surface area contributed by atoms with E-state index in [1.165, 1.54) is 6.42 Å². The number of carbonyl (C=O) groups excluding carboxylic acids is 1. The molecule has 3 aromatic rings. The van der Waals surface area contributed by atoms with E-state index in [0.29, 0.717) is 25.6 Å². The fourth-order valence-electron chi connectivity index (χ4n) is 4.87. The molecular weight excluding hydrogens is 388 g/mol. The van der Waals surface area contributed by atoms with E-state index in [1.807, 2.05) is 29.3 Å². The Morgan fingerprint density at radius 2 is 1.87 bits per heavy atom. The van der Waals surface area contributed by atoms with Gasteiger partial charge in [0.2, 0.25) is 11.7 Å². The fraction of sp³-hybridized carbons (Fsp3) is 0.385. The molecule has 1 amide bonds. The third kappa shape index (κ3) is 3.37. The molecule has 1 aromatic heterocycles. The number of amides is 1. The maximum atomic E-state index is 12.5. The number of nitrogens with zero attached hydrogens (tertiary/aromatic N) is 2. The molecule has 0 N–H and O–H groups in total. The van der Waals surface area contributed by atoms with E-state index in [9.17, 15) is 4.79 Å². The van der Waals surface area contributed by atoms with Crippen LogP contribution in [0.3, 0.4) is 0 Å². The average Bonchev–Trinajstić information content (AvgIpc) is 2.78. The van der Waals surface area contributed by atoms with Gasteiger partial charge in [-0.15, -0.1) is 0 Å². The molecule has 31 heavy (non-hydrogen) atoms. The highest BCUT2D eigenvalue weighted by Crippen LogP contribution is 2.40. The van der Waals surface area contributed by atoms with Gasteiger partial charge in [-0.2, -0.15) is 0 Å². The summed E-state index contributed by atoms with van der Waals surface area (Å²) in [6.45, 7) is 1.96. The predicted octanol–water partition coefficient (Wildman–Crippen LogP) is 4.93. The number of hydrogen-bond acceptors (Lipinski definition) is 4. The lowest BCUT2D eigenvalue weighted by Gasteiger charge is -2.45. The lowest BCUT2D eigenvalue weighted by atomic mass is 9.84. The largest absolute Gasteiger partial charge is 0.462 e. The summed E-state index contributed by atoms with van der Waals surface area (Å²) in [5.41, 5.74) is 4.26. The number of rotatable bonds is 2. The standard InChI is InChI=1S/C26H26N2O3/c29-25(18-5-3-6-18)28-12-10-26(11-13-28)30-17-22-14-19(8-9-24(22)31-26)21-15-20-4-1-2-7-23(20)27-16-21/h1-2,4,7-9,14-16,18H,3,5-6,10-13,17H2. The second kappa shape index (κ2) is 7.34. The Kier molecular flexibility index (Phi) is 4.46. The van der Waals surface area contributed by atoms with Crippen molar-refractivity contribution in [1.82, 2.24) is 9.88 Å².